The van der Waals surface area contributed by atoms with Crippen molar-refractivity contribution in [1.29, 1.82) is 0 Å². The van der Waals surface area contributed by atoms with Gasteiger partial charge >= 0.3 is 0 Å². The van der Waals surface area contributed by atoms with Crippen molar-refractivity contribution in [2.75, 3.05) is 32.8 Å². The van der Waals surface area contributed by atoms with Crippen LogP contribution < -0.4 is 10.1 Å². The number of guanidine groups is 1. The van der Waals surface area contributed by atoms with E-state index in [0.29, 0.717) is 13.2 Å². The van der Waals surface area contributed by atoms with Gasteiger partial charge in [-0.25, -0.2) is 4.99 Å². The van der Waals surface area contributed by atoms with E-state index >= 15 is 0 Å². The van der Waals surface area contributed by atoms with Gasteiger partial charge in [-0.2, -0.15) is 0 Å². The molecule has 1 aliphatic rings. The summed E-state index contributed by atoms with van der Waals surface area (Å²) in [6, 6.07) is 7.88. The monoisotopic (exact) mass is 339 g/mol. The molecular weight excluding hydrogens is 318 g/mol. The lowest BCUT2D eigenvalue weighted by Gasteiger charge is -2.20. The zero-order chi connectivity index (χ0) is 14.2. The van der Waals surface area contributed by atoms with Crippen molar-refractivity contribution in [2.24, 2.45) is 4.99 Å². The molecule has 0 bridgehead atoms. The second-order valence-corrected chi connectivity index (χ2v) is 5.65. The zero-order valence-electron chi connectivity index (χ0n) is 11.9. The van der Waals surface area contributed by atoms with Crippen molar-refractivity contribution in [2.45, 2.75) is 19.8 Å². The van der Waals surface area contributed by atoms with E-state index in [1.165, 1.54) is 12.8 Å². The average Bonchev–Trinajstić information content (AvgIpc) is 2.96. The molecule has 0 unspecified atom stereocenters. The van der Waals surface area contributed by atoms with E-state index in [1.807, 2.05) is 24.3 Å². The SMILES string of the molecule is CCNC(=NCCOc1cccc(Br)c1)N1CCCC1. The summed E-state index contributed by atoms with van der Waals surface area (Å²) in [5.41, 5.74) is 0. The minimum atomic E-state index is 0.596. The minimum absolute atomic E-state index is 0.596. The van der Waals surface area contributed by atoms with Crippen LogP contribution in [0.25, 0.3) is 0 Å². The third-order valence-electron chi connectivity index (χ3n) is 3.16. The van der Waals surface area contributed by atoms with Crippen LogP contribution in [0.2, 0.25) is 0 Å². The van der Waals surface area contributed by atoms with Crippen molar-refractivity contribution in [3.8, 4) is 5.75 Å². The molecule has 20 heavy (non-hydrogen) atoms. The van der Waals surface area contributed by atoms with Gasteiger partial charge < -0.3 is 15.0 Å². The molecule has 0 aliphatic carbocycles. The Hall–Kier alpha value is -1.23. The fourth-order valence-electron chi connectivity index (χ4n) is 2.23. The van der Waals surface area contributed by atoms with Gasteiger partial charge in [0, 0.05) is 24.1 Å². The molecular formula is C15H22BrN3O. The zero-order valence-corrected chi connectivity index (χ0v) is 13.5. The number of nitrogens with zero attached hydrogens (tertiary/aromatic N) is 2. The molecule has 2 rings (SSSR count). The van der Waals surface area contributed by atoms with Crippen LogP contribution in [0.4, 0.5) is 0 Å². The van der Waals surface area contributed by atoms with E-state index in [9.17, 15) is 0 Å². The molecule has 1 aromatic carbocycles. The summed E-state index contributed by atoms with van der Waals surface area (Å²) < 4.78 is 6.73. The Morgan fingerprint density at radius 1 is 1.40 bits per heavy atom. The highest BCUT2D eigenvalue weighted by atomic mass is 79.9. The van der Waals surface area contributed by atoms with Crippen LogP contribution in [0.5, 0.6) is 5.75 Å². The molecule has 0 aromatic heterocycles. The maximum Gasteiger partial charge on any atom is 0.194 e. The predicted octanol–water partition coefficient (Wildman–Crippen LogP) is 2.89. The van der Waals surface area contributed by atoms with Crippen molar-refractivity contribution >= 4 is 21.9 Å². The molecule has 4 nitrogen and oxygen atoms in total. The average molecular weight is 340 g/mol. The maximum absolute atomic E-state index is 5.69. The number of benzene rings is 1. The van der Waals surface area contributed by atoms with Gasteiger partial charge in [-0.15, -0.1) is 0 Å². The molecule has 0 amide bonds. The first kappa shape index (κ1) is 15.2. The first-order valence-electron chi connectivity index (χ1n) is 7.21. The Morgan fingerprint density at radius 3 is 2.90 bits per heavy atom. The molecule has 1 aliphatic heterocycles. The standard InChI is InChI=1S/C15H22BrN3O/c1-2-17-15(19-9-3-4-10-19)18-8-11-20-14-7-5-6-13(16)12-14/h5-7,12H,2-4,8-11H2,1H3,(H,17,18). The van der Waals surface area contributed by atoms with Gasteiger partial charge in [0.15, 0.2) is 5.96 Å². The highest BCUT2D eigenvalue weighted by Crippen LogP contribution is 2.17. The fraction of sp³-hybridized carbons (Fsp3) is 0.533. The summed E-state index contributed by atoms with van der Waals surface area (Å²) in [5, 5.41) is 3.35. The van der Waals surface area contributed by atoms with Gasteiger partial charge in [0.05, 0.1) is 6.54 Å². The summed E-state index contributed by atoms with van der Waals surface area (Å²) in [5.74, 6) is 1.89. The van der Waals surface area contributed by atoms with Gasteiger partial charge in [0.1, 0.15) is 12.4 Å². The van der Waals surface area contributed by atoms with E-state index in [4.69, 9.17) is 4.74 Å². The van der Waals surface area contributed by atoms with Crippen LogP contribution in [0.1, 0.15) is 19.8 Å². The lowest BCUT2D eigenvalue weighted by atomic mass is 10.3. The fourth-order valence-corrected chi connectivity index (χ4v) is 2.60. The number of hydrogen-bond donors (Lipinski definition) is 1. The number of nitrogens with one attached hydrogen (secondary N) is 1. The van der Waals surface area contributed by atoms with Crippen LogP contribution in [0.3, 0.4) is 0 Å². The van der Waals surface area contributed by atoms with Gasteiger partial charge in [0.25, 0.3) is 0 Å². The molecule has 0 radical (unpaired) electrons. The van der Waals surface area contributed by atoms with E-state index in [1.54, 1.807) is 0 Å². The molecule has 0 atom stereocenters. The second kappa shape index (κ2) is 8.15. The smallest absolute Gasteiger partial charge is 0.194 e. The molecule has 1 heterocycles. The summed E-state index contributed by atoms with van der Waals surface area (Å²) in [4.78, 5) is 6.95. The first-order valence-corrected chi connectivity index (χ1v) is 8.00. The van der Waals surface area contributed by atoms with Crippen LogP contribution in [0.15, 0.2) is 33.7 Å². The maximum atomic E-state index is 5.69. The number of ether oxygens (including phenoxy) is 1. The van der Waals surface area contributed by atoms with Crippen molar-refractivity contribution in [3.63, 3.8) is 0 Å². The third-order valence-corrected chi connectivity index (χ3v) is 3.65. The van der Waals surface area contributed by atoms with E-state index in [0.717, 1.165) is 35.8 Å². The Labute approximate surface area is 129 Å². The second-order valence-electron chi connectivity index (χ2n) is 4.74. The summed E-state index contributed by atoms with van der Waals surface area (Å²) in [6.45, 7) is 6.49. The van der Waals surface area contributed by atoms with Crippen LogP contribution in [-0.4, -0.2) is 43.6 Å². The van der Waals surface area contributed by atoms with Gasteiger partial charge in [-0.1, -0.05) is 22.0 Å². The normalized spacial score (nSPS) is 15.5. The van der Waals surface area contributed by atoms with Crippen LogP contribution in [-0.2, 0) is 0 Å². The molecule has 1 N–H and O–H groups in total. The van der Waals surface area contributed by atoms with Crippen LogP contribution in [0, 0.1) is 0 Å². The highest BCUT2D eigenvalue weighted by Gasteiger charge is 2.15. The van der Waals surface area contributed by atoms with Crippen molar-refractivity contribution in [1.82, 2.24) is 10.2 Å². The lowest BCUT2D eigenvalue weighted by Crippen LogP contribution is -2.39. The largest absolute Gasteiger partial charge is 0.492 e. The molecule has 0 saturated carbocycles. The number of hydrogen-bond acceptors (Lipinski definition) is 2. The van der Waals surface area contributed by atoms with E-state index in [-0.39, 0.29) is 0 Å². The predicted molar refractivity (Wildman–Crippen MR) is 86.4 cm³/mol. The lowest BCUT2D eigenvalue weighted by molar-refractivity contribution is 0.327. The number of rotatable bonds is 5. The quantitative estimate of drug-likeness (QED) is 0.509. The summed E-state index contributed by atoms with van der Waals surface area (Å²) >= 11 is 3.44. The number of aliphatic imine (C=N–C) groups is 1. The Bertz CT molecular complexity index is 444. The van der Waals surface area contributed by atoms with E-state index < -0.39 is 0 Å². The van der Waals surface area contributed by atoms with E-state index in [2.05, 4.69) is 38.1 Å². The van der Waals surface area contributed by atoms with Gasteiger partial charge in [-0.3, -0.25) is 0 Å². The topological polar surface area (TPSA) is 36.9 Å². The van der Waals surface area contributed by atoms with Crippen molar-refractivity contribution < 1.29 is 4.74 Å². The summed E-state index contributed by atoms with van der Waals surface area (Å²) in [7, 11) is 0. The first-order chi connectivity index (χ1) is 9.79. The molecule has 1 fully saturated rings. The molecule has 0 spiro atoms. The van der Waals surface area contributed by atoms with Crippen LogP contribution >= 0.6 is 15.9 Å². The number of halogens is 1. The molecule has 5 heteroatoms. The highest BCUT2D eigenvalue weighted by molar-refractivity contribution is 9.10. The summed E-state index contributed by atoms with van der Waals surface area (Å²) in [6.07, 6.45) is 2.53. The van der Waals surface area contributed by atoms with Gasteiger partial charge in [-0.05, 0) is 38.0 Å². The Kier molecular flexibility index (Phi) is 6.18. The van der Waals surface area contributed by atoms with Gasteiger partial charge in [0.2, 0.25) is 0 Å². The Balaban J connectivity index is 1.80. The third kappa shape index (κ3) is 4.71. The molecule has 1 saturated heterocycles. The number of likely N-dealkylation sites (tertiary alicyclic amines) is 1. The Morgan fingerprint density at radius 2 is 2.20 bits per heavy atom. The minimum Gasteiger partial charge on any atom is -0.492 e. The van der Waals surface area contributed by atoms with Crippen molar-refractivity contribution in [3.05, 3.63) is 28.7 Å². The molecule has 1 aromatic rings. The molecule has 110 valence electrons.